The van der Waals surface area contributed by atoms with Gasteiger partial charge in [-0.2, -0.15) is 0 Å². The molecule has 446 valence electrons. The average molecular weight is 1130 g/mol. The molecule has 0 heterocycles. The molecule has 0 unspecified atom stereocenters. The zero-order chi connectivity index (χ0) is 57.8. The molecular formula is C58H96ClN9O11. The Balaban J connectivity index is 0. The van der Waals surface area contributed by atoms with Crippen LogP contribution in [0.4, 0.5) is 4.79 Å². The highest BCUT2D eigenvalue weighted by atomic mass is 35.5. The zero-order valence-corrected chi connectivity index (χ0v) is 48.5. The molecule has 0 saturated heterocycles. The average Bonchev–Trinajstić information content (AvgIpc) is 3.37. The molecule has 0 aliphatic carbocycles. The van der Waals surface area contributed by atoms with E-state index in [1.165, 1.54) is 20.9 Å². The summed E-state index contributed by atoms with van der Waals surface area (Å²) in [5.74, 6) is -3.43. The van der Waals surface area contributed by atoms with Crippen molar-refractivity contribution in [3.8, 4) is 0 Å². The minimum Gasteiger partial charge on any atom is -0.444 e. The molecule has 0 aliphatic heterocycles. The molecule has 0 bridgehead atoms. The van der Waals surface area contributed by atoms with Crippen LogP contribution in [0, 0.1) is 17.8 Å². The molecule has 2 aromatic rings. The lowest BCUT2D eigenvalue weighted by Crippen LogP contribution is -2.51. The van der Waals surface area contributed by atoms with Gasteiger partial charge in [-0.3, -0.25) is 43.2 Å². The number of ether oxygens (including phenoxy) is 1. The Morgan fingerprint density at radius 3 is 1.48 bits per heavy atom. The fraction of sp³-hybridized carbons (Fsp3) is 0.621. The smallest absolute Gasteiger partial charge is 0.407 e. The van der Waals surface area contributed by atoms with Gasteiger partial charge in [0.2, 0.25) is 41.4 Å². The number of Topliss-reactive ketones (excluding diaryl/α,β-unsaturated/α-hetero) is 2. The van der Waals surface area contributed by atoms with E-state index in [-0.39, 0.29) is 92.5 Å². The Hall–Kier alpha value is -6.41. The Labute approximate surface area is 476 Å². The van der Waals surface area contributed by atoms with Crippen LogP contribution in [0.2, 0.25) is 0 Å². The number of unbranched alkanes of at least 4 members (excludes halogenated alkanes) is 4. The first-order chi connectivity index (χ1) is 36.4. The Bertz CT molecular complexity index is 2140. The summed E-state index contributed by atoms with van der Waals surface area (Å²) in [7, 11) is 3.09. The number of alkyl carbamates (subject to hydrolysis) is 1. The summed E-state index contributed by atoms with van der Waals surface area (Å²) < 4.78 is 5.20. The highest BCUT2D eigenvalue weighted by molar-refractivity contribution is 5.95. The second-order valence-corrected chi connectivity index (χ2v) is 20.7. The number of nitrogens with two attached hydrogens (primary N) is 1. The maximum atomic E-state index is 13.6. The van der Waals surface area contributed by atoms with E-state index in [4.69, 9.17) is 10.5 Å². The first-order valence-corrected chi connectivity index (χ1v) is 27.1. The second kappa shape index (κ2) is 42.5. The van der Waals surface area contributed by atoms with Crippen LogP contribution < -0.4 is 48.3 Å². The molecule has 21 heteroatoms. The van der Waals surface area contributed by atoms with Crippen molar-refractivity contribution in [3.05, 3.63) is 71.8 Å². The summed E-state index contributed by atoms with van der Waals surface area (Å²) in [5.41, 5.74) is 7.32. The normalized spacial score (nSPS) is 12.5. The van der Waals surface area contributed by atoms with Crippen molar-refractivity contribution in [1.82, 2.24) is 42.5 Å². The second-order valence-electron chi connectivity index (χ2n) is 20.7. The van der Waals surface area contributed by atoms with E-state index in [1.807, 2.05) is 74.5 Å². The van der Waals surface area contributed by atoms with Gasteiger partial charge in [0.1, 0.15) is 17.4 Å². The van der Waals surface area contributed by atoms with E-state index in [0.717, 1.165) is 24.0 Å². The highest BCUT2D eigenvalue weighted by Crippen LogP contribution is 2.18. The number of rotatable bonds is 35. The molecule has 0 saturated carbocycles. The number of hydrogen-bond donors (Lipinski definition) is 9. The van der Waals surface area contributed by atoms with Gasteiger partial charge in [-0.15, -0.1) is 12.4 Å². The zero-order valence-electron chi connectivity index (χ0n) is 47.6. The van der Waals surface area contributed by atoms with Gasteiger partial charge in [-0.25, -0.2) is 4.79 Å². The molecule has 5 atom stereocenters. The maximum Gasteiger partial charge on any atom is 0.407 e. The lowest BCUT2D eigenvalue weighted by atomic mass is 9.90. The van der Waals surface area contributed by atoms with Crippen LogP contribution in [0.3, 0.4) is 0 Å². The lowest BCUT2D eigenvalue weighted by Gasteiger charge is -2.22. The first-order valence-electron chi connectivity index (χ1n) is 27.1. The van der Waals surface area contributed by atoms with Crippen molar-refractivity contribution in [3.63, 3.8) is 0 Å². The van der Waals surface area contributed by atoms with Gasteiger partial charge in [0.25, 0.3) is 0 Å². The van der Waals surface area contributed by atoms with Gasteiger partial charge in [-0.05, 0) is 108 Å². The van der Waals surface area contributed by atoms with Gasteiger partial charge < -0.3 is 53.0 Å². The van der Waals surface area contributed by atoms with Gasteiger partial charge >= 0.3 is 6.09 Å². The molecule has 0 aromatic heterocycles. The van der Waals surface area contributed by atoms with E-state index in [2.05, 4.69) is 42.5 Å². The van der Waals surface area contributed by atoms with Crippen LogP contribution in [0.5, 0.6) is 0 Å². The summed E-state index contributed by atoms with van der Waals surface area (Å²) in [6, 6.07) is 16.7. The topological polar surface area (TPSA) is 302 Å². The third kappa shape index (κ3) is 37.2. The largest absolute Gasteiger partial charge is 0.444 e. The molecule has 8 amide bonds. The van der Waals surface area contributed by atoms with Crippen LogP contribution in [0.1, 0.15) is 150 Å². The molecule has 0 spiro atoms. The lowest BCUT2D eigenvalue weighted by molar-refractivity contribution is -0.132. The molecule has 0 fully saturated rings. The number of hydrogen-bond acceptors (Lipinski definition) is 12. The monoisotopic (exact) mass is 1130 g/mol. The number of amides is 8. The van der Waals surface area contributed by atoms with E-state index < -0.39 is 60.0 Å². The van der Waals surface area contributed by atoms with Crippen LogP contribution in [-0.4, -0.2) is 123 Å². The number of carbonyl (C=O) groups excluding carboxylic acids is 10. The van der Waals surface area contributed by atoms with Crippen molar-refractivity contribution in [1.29, 1.82) is 0 Å². The predicted octanol–water partition coefficient (Wildman–Crippen LogP) is 5.32. The van der Waals surface area contributed by atoms with Crippen LogP contribution >= 0.6 is 12.4 Å². The van der Waals surface area contributed by atoms with Crippen molar-refractivity contribution in [2.24, 2.45) is 23.5 Å². The van der Waals surface area contributed by atoms with Gasteiger partial charge in [0, 0.05) is 78.7 Å². The summed E-state index contributed by atoms with van der Waals surface area (Å²) in [5, 5.41) is 21.5. The van der Waals surface area contributed by atoms with E-state index in [0.29, 0.717) is 77.4 Å². The van der Waals surface area contributed by atoms with Crippen molar-refractivity contribution in [2.75, 3.05) is 40.3 Å². The minimum atomic E-state index is -0.907. The van der Waals surface area contributed by atoms with E-state index >= 15 is 0 Å². The SMILES string of the molecule is C.CNC(=O)[C@@H](CC(=O)[C@@H](N)CCCCNC(C)=O)Cc1ccccc1.CNC(=O)[C@@H](CC(=O)[C@H](CCCCNC(C)=O)NC(=O)CNC(=O)[C@H](CC(C)C)NC(=O)CCCCCNC(=O)OC(C)(C)C)Cc1ccccc1.Cl. The van der Waals surface area contributed by atoms with E-state index in [1.54, 1.807) is 27.8 Å². The Morgan fingerprint density at radius 1 is 0.557 bits per heavy atom. The quantitative estimate of drug-likeness (QED) is 0.0397. The van der Waals surface area contributed by atoms with Crippen molar-refractivity contribution >= 4 is 71.4 Å². The fourth-order valence-electron chi connectivity index (χ4n) is 8.06. The minimum absolute atomic E-state index is 0. The van der Waals surface area contributed by atoms with Crippen LogP contribution in [0.25, 0.3) is 0 Å². The summed E-state index contributed by atoms with van der Waals surface area (Å²) in [6.45, 7) is 13.1. The summed E-state index contributed by atoms with van der Waals surface area (Å²) in [6.07, 6.45) is 6.37. The van der Waals surface area contributed by atoms with Crippen LogP contribution in [-0.2, 0) is 60.7 Å². The number of benzene rings is 2. The van der Waals surface area contributed by atoms with Gasteiger partial charge in [0.05, 0.1) is 18.6 Å². The van der Waals surface area contributed by atoms with Gasteiger partial charge in [-0.1, -0.05) is 88.4 Å². The van der Waals surface area contributed by atoms with Crippen molar-refractivity contribution in [2.45, 2.75) is 176 Å². The standard InChI is InChI=1S/C38H62N6O8.C19H29N3O3.CH4.ClH/c1-26(2)22-31(44-33(47)19-12-9-14-21-41-37(51)52-38(4,5)6)36(50)42-25-34(48)43-30(18-13-15-20-40-27(3)45)32(46)24-29(35(49)39-7)23-28-16-10-8-11-17-28;1-14(23)22-11-7-6-10-17(20)18(24)13-16(19(25)21-2)12-15-8-4-3-5-9-15;;/h8,10-11,16-17,26,29-31H,9,12-15,18-25H2,1-7H3,(H,39,49)(H,40,45)(H,41,51)(H,42,50)(H,43,48)(H,44,47);3-5,8-9,16-17H,6-7,10-13,20H2,1-2H3,(H,21,25)(H,22,23);1H4;1H/t29-,30+,31+;16-,17+;;/m11../s1. The molecule has 2 rings (SSSR count). The number of nitrogens with one attached hydrogen (secondary N) is 8. The molecule has 0 radical (unpaired) electrons. The predicted molar refractivity (Wildman–Crippen MR) is 311 cm³/mol. The summed E-state index contributed by atoms with van der Waals surface area (Å²) >= 11 is 0. The third-order valence-corrected chi connectivity index (χ3v) is 12.1. The molecule has 20 nitrogen and oxygen atoms in total. The summed E-state index contributed by atoms with van der Waals surface area (Å²) in [4.78, 5) is 123. The van der Waals surface area contributed by atoms with Gasteiger partial charge in [0.15, 0.2) is 5.78 Å². The Kier molecular flexibility index (Phi) is 40.2. The fourth-order valence-corrected chi connectivity index (χ4v) is 8.06. The number of ketones is 2. The molecule has 10 N–H and O–H groups in total. The van der Waals surface area contributed by atoms with Crippen LogP contribution in [0.15, 0.2) is 60.7 Å². The molecule has 79 heavy (non-hydrogen) atoms. The third-order valence-electron chi connectivity index (χ3n) is 12.1. The molecule has 0 aliphatic rings. The maximum absolute atomic E-state index is 13.6. The number of halogens is 1. The van der Waals surface area contributed by atoms with E-state index in [9.17, 15) is 47.9 Å². The first kappa shape index (κ1) is 74.7. The Morgan fingerprint density at radius 2 is 1.01 bits per heavy atom. The number of carbonyl (C=O) groups is 10. The highest BCUT2D eigenvalue weighted by Gasteiger charge is 2.29. The molecular weight excluding hydrogens is 1030 g/mol. The molecule has 2 aromatic carbocycles. The van der Waals surface area contributed by atoms with Crippen molar-refractivity contribution < 1.29 is 52.7 Å².